The van der Waals surface area contributed by atoms with Crippen LogP contribution in [0.15, 0.2) is 0 Å². The van der Waals surface area contributed by atoms with Gasteiger partial charge in [0.05, 0.1) is 12.5 Å². The largest absolute Gasteiger partial charge is 0.462 e. The van der Waals surface area contributed by atoms with Gasteiger partial charge in [0.25, 0.3) is 0 Å². The topological polar surface area (TPSA) is 50.1 Å². The molecule has 0 bridgehead atoms. The molecule has 0 aliphatic rings. The van der Waals surface area contributed by atoms with Crippen LogP contribution in [0.25, 0.3) is 0 Å². The summed E-state index contributed by atoms with van der Waals surface area (Å²) in [6.07, 6.45) is -0.00736. The molecule has 0 radical (unpaired) electrons. The van der Waals surface area contributed by atoms with E-state index in [1.165, 1.54) is 6.92 Å². The number of rotatable bonds is 2. The van der Waals surface area contributed by atoms with Crippen LogP contribution < -0.4 is 0 Å². The zero-order chi connectivity index (χ0) is 7.28. The van der Waals surface area contributed by atoms with Crippen LogP contribution in [0.5, 0.6) is 0 Å². The zero-order valence-electron chi connectivity index (χ0n) is 5.55. The molecular formula is C6H9NO2. The van der Waals surface area contributed by atoms with Crippen LogP contribution in [0, 0.1) is 11.3 Å². The minimum absolute atomic E-state index is 0.263. The summed E-state index contributed by atoms with van der Waals surface area (Å²) < 4.78 is 4.63. The molecule has 9 heavy (non-hydrogen) atoms. The van der Waals surface area contributed by atoms with E-state index < -0.39 is 0 Å². The molecule has 0 heterocycles. The second kappa shape index (κ2) is 3.90. The van der Waals surface area contributed by atoms with E-state index in [1.807, 2.05) is 6.07 Å². The summed E-state index contributed by atoms with van der Waals surface area (Å²) in [5, 5.41) is 8.11. The fraction of sp³-hybridized carbons (Fsp3) is 0.667. The summed E-state index contributed by atoms with van der Waals surface area (Å²) in [7, 11) is 0. The van der Waals surface area contributed by atoms with E-state index in [0.717, 1.165) is 0 Å². The first-order chi connectivity index (χ1) is 4.16. The van der Waals surface area contributed by atoms with Crippen LogP contribution >= 0.6 is 0 Å². The molecule has 3 heteroatoms. The van der Waals surface area contributed by atoms with Gasteiger partial charge in [0, 0.05) is 6.92 Å². The number of ether oxygens (including phenoxy) is 1. The van der Waals surface area contributed by atoms with Gasteiger partial charge in [0.2, 0.25) is 0 Å². The van der Waals surface area contributed by atoms with Crippen LogP contribution in [-0.4, -0.2) is 12.1 Å². The Bertz CT molecular complexity index is 136. The maximum atomic E-state index is 10.2. The molecule has 0 aromatic carbocycles. The van der Waals surface area contributed by atoms with Gasteiger partial charge in [-0.1, -0.05) is 0 Å². The van der Waals surface area contributed by atoms with Crippen molar-refractivity contribution in [1.82, 2.24) is 0 Å². The fourth-order valence-corrected chi connectivity index (χ4v) is 0.454. The summed E-state index contributed by atoms with van der Waals surface area (Å²) in [5.74, 6) is -0.335. The number of nitrogens with zero attached hydrogens (tertiary/aromatic N) is 1. The SMILES string of the molecule is CC(=O)OC(C)CC#N. The van der Waals surface area contributed by atoms with Crippen molar-refractivity contribution in [2.24, 2.45) is 0 Å². The van der Waals surface area contributed by atoms with Gasteiger partial charge in [-0.15, -0.1) is 0 Å². The Labute approximate surface area is 54.2 Å². The number of hydrogen-bond donors (Lipinski definition) is 0. The third-order valence-corrected chi connectivity index (χ3v) is 0.746. The highest BCUT2D eigenvalue weighted by Crippen LogP contribution is 1.94. The van der Waals surface area contributed by atoms with Gasteiger partial charge in [-0.05, 0) is 6.92 Å². The monoisotopic (exact) mass is 127 g/mol. The summed E-state index contributed by atoms with van der Waals surface area (Å²) in [6.45, 7) is 3.01. The zero-order valence-corrected chi connectivity index (χ0v) is 5.55. The smallest absolute Gasteiger partial charge is 0.302 e. The maximum Gasteiger partial charge on any atom is 0.302 e. The van der Waals surface area contributed by atoms with Crippen molar-refractivity contribution in [3.05, 3.63) is 0 Å². The normalized spacial score (nSPS) is 11.7. The molecule has 0 N–H and O–H groups in total. The Kier molecular flexibility index (Phi) is 3.45. The number of carbonyl (C=O) groups is 1. The van der Waals surface area contributed by atoms with E-state index in [-0.39, 0.29) is 18.5 Å². The predicted octanol–water partition coefficient (Wildman–Crippen LogP) is 0.852. The Balaban J connectivity index is 3.40. The Hall–Kier alpha value is -1.04. The molecule has 0 aliphatic heterocycles. The Morgan fingerprint density at radius 2 is 2.44 bits per heavy atom. The molecule has 0 amide bonds. The van der Waals surface area contributed by atoms with Gasteiger partial charge in [0.1, 0.15) is 6.10 Å². The first-order valence-electron chi connectivity index (χ1n) is 2.71. The molecule has 0 rings (SSSR count). The quantitative estimate of drug-likeness (QED) is 0.517. The Morgan fingerprint density at radius 3 is 2.78 bits per heavy atom. The van der Waals surface area contributed by atoms with Gasteiger partial charge < -0.3 is 4.74 Å². The van der Waals surface area contributed by atoms with Crippen molar-refractivity contribution in [1.29, 1.82) is 5.26 Å². The van der Waals surface area contributed by atoms with Gasteiger partial charge >= 0.3 is 5.97 Å². The third kappa shape index (κ3) is 4.82. The van der Waals surface area contributed by atoms with Gasteiger partial charge in [-0.2, -0.15) is 5.26 Å². The van der Waals surface area contributed by atoms with Crippen molar-refractivity contribution in [3.63, 3.8) is 0 Å². The van der Waals surface area contributed by atoms with Crippen LogP contribution in [0.4, 0.5) is 0 Å². The molecule has 0 aromatic heterocycles. The van der Waals surface area contributed by atoms with Crippen molar-refractivity contribution < 1.29 is 9.53 Å². The standard InChI is InChI=1S/C6H9NO2/c1-5(3-4-7)9-6(2)8/h5H,3H2,1-2H3. The van der Waals surface area contributed by atoms with E-state index in [9.17, 15) is 4.79 Å². The molecule has 3 nitrogen and oxygen atoms in total. The lowest BCUT2D eigenvalue weighted by Gasteiger charge is -2.05. The molecule has 0 fully saturated rings. The minimum atomic E-state index is -0.335. The van der Waals surface area contributed by atoms with E-state index in [0.29, 0.717) is 0 Å². The minimum Gasteiger partial charge on any atom is -0.462 e. The number of nitriles is 1. The summed E-state index contributed by atoms with van der Waals surface area (Å²) in [4.78, 5) is 10.2. The highest BCUT2D eigenvalue weighted by Gasteiger charge is 2.02. The second-order valence-corrected chi connectivity index (χ2v) is 1.78. The average Bonchev–Trinajstić information content (AvgIpc) is 1.63. The van der Waals surface area contributed by atoms with Gasteiger partial charge in [0.15, 0.2) is 0 Å². The molecule has 1 unspecified atom stereocenters. The van der Waals surface area contributed by atoms with E-state index >= 15 is 0 Å². The van der Waals surface area contributed by atoms with Crippen molar-refractivity contribution in [3.8, 4) is 6.07 Å². The highest BCUT2D eigenvalue weighted by molar-refractivity contribution is 5.66. The first-order valence-corrected chi connectivity index (χ1v) is 2.71. The first kappa shape index (κ1) is 7.96. The second-order valence-electron chi connectivity index (χ2n) is 1.78. The van der Waals surface area contributed by atoms with Crippen molar-refractivity contribution in [2.75, 3.05) is 0 Å². The molecule has 1 atom stereocenters. The van der Waals surface area contributed by atoms with Crippen molar-refractivity contribution >= 4 is 5.97 Å². The van der Waals surface area contributed by atoms with Crippen molar-refractivity contribution in [2.45, 2.75) is 26.4 Å². The molecule has 0 aromatic rings. The summed E-state index contributed by atoms with van der Waals surface area (Å²) in [5.41, 5.74) is 0. The van der Waals surface area contributed by atoms with Crippen LogP contribution in [-0.2, 0) is 9.53 Å². The van der Waals surface area contributed by atoms with Gasteiger partial charge in [-0.3, -0.25) is 4.79 Å². The lowest BCUT2D eigenvalue weighted by molar-refractivity contribution is -0.145. The maximum absolute atomic E-state index is 10.2. The average molecular weight is 127 g/mol. The number of carbonyl (C=O) groups excluding carboxylic acids is 1. The number of hydrogen-bond acceptors (Lipinski definition) is 3. The molecule has 0 saturated heterocycles. The third-order valence-electron chi connectivity index (χ3n) is 0.746. The predicted molar refractivity (Wildman–Crippen MR) is 31.5 cm³/mol. The summed E-state index contributed by atoms with van der Waals surface area (Å²) >= 11 is 0. The summed E-state index contributed by atoms with van der Waals surface area (Å²) in [6, 6.07) is 1.90. The highest BCUT2D eigenvalue weighted by atomic mass is 16.5. The van der Waals surface area contributed by atoms with Gasteiger partial charge in [-0.25, -0.2) is 0 Å². The molecule has 0 aliphatic carbocycles. The molecule has 0 saturated carbocycles. The molecule has 0 spiro atoms. The van der Waals surface area contributed by atoms with E-state index in [4.69, 9.17) is 5.26 Å². The van der Waals surface area contributed by atoms with Crippen LogP contribution in [0.2, 0.25) is 0 Å². The lowest BCUT2D eigenvalue weighted by atomic mass is 10.3. The Morgan fingerprint density at radius 1 is 1.89 bits per heavy atom. The van der Waals surface area contributed by atoms with E-state index in [2.05, 4.69) is 4.74 Å². The molecule has 50 valence electrons. The number of esters is 1. The van der Waals surface area contributed by atoms with E-state index in [1.54, 1.807) is 6.92 Å². The van der Waals surface area contributed by atoms with Crippen LogP contribution in [0.1, 0.15) is 20.3 Å². The van der Waals surface area contributed by atoms with Crippen LogP contribution in [0.3, 0.4) is 0 Å². The fourth-order valence-electron chi connectivity index (χ4n) is 0.454. The molecular weight excluding hydrogens is 118 g/mol. The lowest BCUT2D eigenvalue weighted by Crippen LogP contribution is -2.10.